The third kappa shape index (κ3) is 13.6. The number of imide groups is 1. The molecule has 2 aromatic carbocycles. The SMILES string of the molecule is CC(CO)(COC(=O)OCC(C)(COOC(=O)OCC(C)(CO)C(=O)OCc1ccc(CCl)cc1)C(=O)ON1C(=O)CCC1=O)C(=O)OCc1ccc(CCl)cc1. The number of nitrogens with zero attached hydrogens (tertiary/aromatic N) is 1. The minimum atomic E-state index is -2.11. The van der Waals surface area contributed by atoms with E-state index >= 15 is 0 Å². The third-order valence-corrected chi connectivity index (χ3v) is 9.10. The number of ether oxygens (including phenoxy) is 5. The van der Waals surface area contributed by atoms with Crippen molar-refractivity contribution >= 4 is 65.2 Å². The second-order valence-electron chi connectivity index (χ2n) is 13.7. The van der Waals surface area contributed by atoms with Gasteiger partial charge < -0.3 is 38.7 Å². The summed E-state index contributed by atoms with van der Waals surface area (Å²) in [6.07, 6.45) is -3.42. The maximum atomic E-state index is 13.2. The molecule has 1 saturated heterocycles. The molecule has 1 aliphatic heterocycles. The van der Waals surface area contributed by atoms with E-state index in [-0.39, 0.29) is 31.1 Å². The van der Waals surface area contributed by atoms with Gasteiger partial charge in [0.05, 0.1) is 13.2 Å². The number of aliphatic hydroxyl groups is 2. The molecule has 1 aliphatic rings. The van der Waals surface area contributed by atoms with Crippen molar-refractivity contribution in [3.8, 4) is 0 Å². The molecule has 1 heterocycles. The van der Waals surface area contributed by atoms with Crippen molar-refractivity contribution in [1.82, 2.24) is 5.06 Å². The number of alkyl halides is 2. The summed E-state index contributed by atoms with van der Waals surface area (Å²) < 4.78 is 25.5. The molecule has 0 spiro atoms. The molecule has 3 rings (SSSR count). The standard InChI is InChI=1S/C37H43Cl2NO17/c1-35(18-41,30(45)50-16-26-8-4-24(14-38)5-9-26)20-52-33(48)53-22-37(3,32(47)56-40-28(43)12-13-29(40)44)23-55-57-34(49)54-21-36(2,19-42)31(46)51-17-27-10-6-25(15-39)7-11-27/h4-11,41-42H,12-23H2,1-3H3. The number of hydrogen-bond acceptors (Lipinski definition) is 17. The van der Waals surface area contributed by atoms with E-state index in [1.165, 1.54) is 13.8 Å². The Kier molecular flexibility index (Phi) is 17.5. The highest BCUT2D eigenvalue weighted by atomic mass is 35.5. The Hall–Kier alpha value is -5.01. The van der Waals surface area contributed by atoms with Crippen LogP contribution in [-0.4, -0.2) is 97.0 Å². The zero-order chi connectivity index (χ0) is 42.2. The molecule has 1 fully saturated rings. The maximum absolute atomic E-state index is 13.2. The van der Waals surface area contributed by atoms with Crippen LogP contribution in [0.4, 0.5) is 9.59 Å². The lowest BCUT2D eigenvalue weighted by Crippen LogP contribution is -2.45. The Balaban J connectivity index is 1.56. The summed E-state index contributed by atoms with van der Waals surface area (Å²) in [5.41, 5.74) is -2.60. The van der Waals surface area contributed by atoms with E-state index in [0.717, 1.165) is 18.1 Å². The first-order valence-electron chi connectivity index (χ1n) is 17.2. The van der Waals surface area contributed by atoms with Gasteiger partial charge in [0.2, 0.25) is 0 Å². The van der Waals surface area contributed by atoms with Crippen LogP contribution in [0.15, 0.2) is 48.5 Å². The summed E-state index contributed by atoms with van der Waals surface area (Å²) in [7, 11) is 0. The van der Waals surface area contributed by atoms with Gasteiger partial charge in [-0.25, -0.2) is 14.4 Å². The normalized spacial score (nSPS) is 15.7. The van der Waals surface area contributed by atoms with Crippen LogP contribution in [-0.2, 0) is 87.2 Å². The van der Waals surface area contributed by atoms with Crippen LogP contribution in [0.1, 0.15) is 55.9 Å². The van der Waals surface area contributed by atoms with E-state index in [2.05, 4.69) is 4.89 Å². The Morgan fingerprint density at radius 1 is 0.579 bits per heavy atom. The van der Waals surface area contributed by atoms with E-state index in [9.17, 15) is 43.8 Å². The summed E-state index contributed by atoms with van der Waals surface area (Å²) in [5, 5.41) is 20.0. The molecule has 2 N–H and O–H groups in total. The monoisotopic (exact) mass is 843 g/mol. The van der Waals surface area contributed by atoms with Gasteiger partial charge in [-0.2, -0.15) is 4.89 Å². The lowest BCUT2D eigenvalue weighted by Gasteiger charge is -2.27. The lowest BCUT2D eigenvalue weighted by molar-refractivity contribution is -0.277. The fourth-order valence-electron chi connectivity index (χ4n) is 4.37. The summed E-state index contributed by atoms with van der Waals surface area (Å²) in [6.45, 7) is -1.58. The quantitative estimate of drug-likeness (QED) is 0.0454. The summed E-state index contributed by atoms with van der Waals surface area (Å²) >= 11 is 11.6. The van der Waals surface area contributed by atoms with Crippen LogP contribution in [0.2, 0.25) is 0 Å². The van der Waals surface area contributed by atoms with Gasteiger partial charge in [-0.3, -0.25) is 24.1 Å². The number of esters is 2. The van der Waals surface area contributed by atoms with E-state index < -0.39 is 97.9 Å². The van der Waals surface area contributed by atoms with Crippen LogP contribution in [0.5, 0.6) is 0 Å². The molecule has 3 unspecified atom stereocenters. The van der Waals surface area contributed by atoms with Crippen molar-refractivity contribution in [2.45, 2.75) is 58.6 Å². The molecule has 0 radical (unpaired) electrons. The smallest absolute Gasteiger partial charge is 0.460 e. The number of amides is 2. The van der Waals surface area contributed by atoms with Gasteiger partial charge in [-0.05, 0) is 43.0 Å². The fraction of sp³-hybridized carbons (Fsp3) is 0.486. The zero-order valence-corrected chi connectivity index (χ0v) is 32.8. The summed E-state index contributed by atoms with van der Waals surface area (Å²) in [4.78, 5) is 102. The Morgan fingerprint density at radius 3 is 1.37 bits per heavy atom. The van der Waals surface area contributed by atoms with E-state index in [0.29, 0.717) is 22.9 Å². The van der Waals surface area contributed by atoms with Crippen LogP contribution in [0.3, 0.4) is 0 Å². The molecular weight excluding hydrogens is 801 g/mol. The van der Waals surface area contributed by atoms with Gasteiger partial charge in [0.25, 0.3) is 11.8 Å². The van der Waals surface area contributed by atoms with Gasteiger partial charge in [-0.15, -0.1) is 28.3 Å². The van der Waals surface area contributed by atoms with Crippen molar-refractivity contribution < 1.29 is 82.1 Å². The molecule has 0 saturated carbocycles. The molecular formula is C37H43Cl2NO17. The molecule has 0 aromatic heterocycles. The highest BCUT2D eigenvalue weighted by Gasteiger charge is 2.44. The molecule has 20 heteroatoms. The second-order valence-corrected chi connectivity index (χ2v) is 14.3. The summed E-state index contributed by atoms with van der Waals surface area (Å²) in [6, 6.07) is 13.8. The molecule has 57 heavy (non-hydrogen) atoms. The first kappa shape index (κ1) is 46.4. The van der Waals surface area contributed by atoms with E-state index in [1.807, 2.05) is 0 Å². The number of carbonyl (C=O) groups excluding carboxylic acids is 7. The number of aliphatic hydroxyl groups excluding tert-OH is 2. The first-order chi connectivity index (χ1) is 27.0. The van der Waals surface area contributed by atoms with Gasteiger partial charge in [-0.1, -0.05) is 48.5 Å². The minimum absolute atomic E-state index is 0.151. The fourth-order valence-corrected chi connectivity index (χ4v) is 4.73. The molecule has 3 atom stereocenters. The topological polar surface area (TPSA) is 237 Å². The van der Waals surface area contributed by atoms with Crippen LogP contribution in [0.25, 0.3) is 0 Å². The predicted octanol–water partition coefficient (Wildman–Crippen LogP) is 3.80. The third-order valence-electron chi connectivity index (χ3n) is 8.48. The predicted molar refractivity (Wildman–Crippen MR) is 193 cm³/mol. The van der Waals surface area contributed by atoms with Gasteiger partial charge in [0.1, 0.15) is 55.9 Å². The molecule has 2 amide bonds. The molecule has 0 aliphatic carbocycles. The van der Waals surface area contributed by atoms with Crippen molar-refractivity contribution in [2.75, 3.05) is 39.6 Å². The summed E-state index contributed by atoms with van der Waals surface area (Å²) in [5.74, 6) is -4.21. The molecule has 2 aromatic rings. The van der Waals surface area contributed by atoms with Crippen LogP contribution in [0, 0.1) is 16.2 Å². The Bertz CT molecular complexity index is 1720. The van der Waals surface area contributed by atoms with Gasteiger partial charge in [0, 0.05) is 24.6 Å². The minimum Gasteiger partial charge on any atom is -0.460 e. The Labute approximate surface area is 336 Å². The maximum Gasteiger partial charge on any atom is 0.540 e. The average Bonchev–Trinajstić information content (AvgIpc) is 3.54. The van der Waals surface area contributed by atoms with Gasteiger partial charge in [0.15, 0.2) is 0 Å². The number of hydroxylamine groups is 2. The van der Waals surface area contributed by atoms with E-state index in [1.54, 1.807) is 48.5 Å². The highest BCUT2D eigenvalue weighted by Crippen LogP contribution is 2.26. The van der Waals surface area contributed by atoms with E-state index in [4.69, 9.17) is 56.6 Å². The number of benzene rings is 2. The number of hydrogen-bond donors (Lipinski definition) is 2. The van der Waals surface area contributed by atoms with Crippen LogP contribution < -0.4 is 0 Å². The zero-order valence-electron chi connectivity index (χ0n) is 31.3. The largest absolute Gasteiger partial charge is 0.540 e. The number of carbonyl (C=O) groups is 7. The number of halogens is 2. The Morgan fingerprint density at radius 2 is 0.965 bits per heavy atom. The van der Waals surface area contributed by atoms with Gasteiger partial charge >= 0.3 is 30.2 Å². The first-order valence-corrected chi connectivity index (χ1v) is 18.3. The van der Waals surface area contributed by atoms with Crippen molar-refractivity contribution in [2.24, 2.45) is 16.2 Å². The lowest BCUT2D eigenvalue weighted by atomic mass is 9.93. The van der Waals surface area contributed by atoms with Crippen molar-refractivity contribution in [1.29, 1.82) is 0 Å². The average molecular weight is 845 g/mol. The van der Waals surface area contributed by atoms with Crippen LogP contribution >= 0.6 is 23.2 Å². The molecule has 18 nitrogen and oxygen atoms in total. The molecule has 312 valence electrons. The second kappa shape index (κ2) is 21.5. The van der Waals surface area contributed by atoms with Crippen molar-refractivity contribution in [3.05, 3.63) is 70.8 Å². The highest BCUT2D eigenvalue weighted by molar-refractivity contribution is 6.17. The van der Waals surface area contributed by atoms with Crippen molar-refractivity contribution in [3.63, 3.8) is 0 Å². The number of rotatable bonds is 21. The molecule has 0 bridgehead atoms.